The van der Waals surface area contributed by atoms with Crippen molar-refractivity contribution in [2.24, 2.45) is 0 Å². The summed E-state index contributed by atoms with van der Waals surface area (Å²) >= 11 is 0. The van der Waals surface area contributed by atoms with E-state index in [1.165, 1.54) is 5.56 Å². The molecular weight excluding hydrogens is 264 g/mol. The third kappa shape index (κ3) is 6.91. The molecular formula is C17H30N2O2. The van der Waals surface area contributed by atoms with Crippen LogP contribution in [0.5, 0.6) is 5.88 Å². The van der Waals surface area contributed by atoms with E-state index in [1.807, 2.05) is 6.07 Å². The van der Waals surface area contributed by atoms with Crippen molar-refractivity contribution in [2.75, 3.05) is 20.3 Å². The molecule has 0 aliphatic heterocycles. The van der Waals surface area contributed by atoms with Crippen LogP contribution in [0.15, 0.2) is 12.1 Å². The predicted molar refractivity (Wildman–Crippen MR) is 86.8 cm³/mol. The van der Waals surface area contributed by atoms with Gasteiger partial charge in [-0.25, -0.2) is 4.98 Å². The number of aromatic nitrogens is 1. The maximum absolute atomic E-state index is 5.81. The monoisotopic (exact) mass is 294 g/mol. The fraction of sp³-hybridized carbons (Fsp3) is 0.706. The van der Waals surface area contributed by atoms with Crippen LogP contribution in [0.3, 0.4) is 0 Å². The van der Waals surface area contributed by atoms with Gasteiger partial charge in [-0.05, 0) is 44.9 Å². The number of pyridine rings is 1. The van der Waals surface area contributed by atoms with Crippen molar-refractivity contribution < 1.29 is 9.47 Å². The number of hydrogen-bond donors (Lipinski definition) is 1. The fourth-order valence-corrected chi connectivity index (χ4v) is 1.89. The van der Waals surface area contributed by atoms with Crippen molar-refractivity contribution >= 4 is 0 Å². The minimum Gasteiger partial charge on any atom is -0.478 e. The van der Waals surface area contributed by atoms with Gasteiger partial charge in [-0.1, -0.05) is 13.8 Å². The Morgan fingerprint density at radius 2 is 2.00 bits per heavy atom. The first-order valence-electron chi connectivity index (χ1n) is 7.89. The van der Waals surface area contributed by atoms with E-state index in [4.69, 9.17) is 9.47 Å². The lowest BCUT2D eigenvalue weighted by Gasteiger charge is -2.22. The van der Waals surface area contributed by atoms with E-state index >= 15 is 0 Å². The van der Waals surface area contributed by atoms with E-state index in [-0.39, 0.29) is 5.60 Å². The molecule has 0 unspecified atom stereocenters. The van der Waals surface area contributed by atoms with Crippen LogP contribution in [0.1, 0.15) is 51.8 Å². The van der Waals surface area contributed by atoms with Crippen molar-refractivity contribution in [3.8, 4) is 5.88 Å². The second-order valence-corrected chi connectivity index (χ2v) is 5.90. The van der Waals surface area contributed by atoms with Crippen LogP contribution in [0.2, 0.25) is 0 Å². The van der Waals surface area contributed by atoms with Crippen LogP contribution in [0, 0.1) is 0 Å². The zero-order valence-corrected chi connectivity index (χ0v) is 14.2. The van der Waals surface area contributed by atoms with Crippen LogP contribution < -0.4 is 10.1 Å². The molecule has 1 rings (SSSR count). The Bertz CT molecular complexity index is 419. The summed E-state index contributed by atoms with van der Waals surface area (Å²) in [4.78, 5) is 4.53. The molecule has 0 spiro atoms. The molecule has 1 N–H and O–H groups in total. The normalized spacial score (nSPS) is 11.7. The van der Waals surface area contributed by atoms with Gasteiger partial charge < -0.3 is 14.8 Å². The Balaban J connectivity index is 2.61. The molecule has 0 aliphatic rings. The van der Waals surface area contributed by atoms with Crippen molar-refractivity contribution in [3.63, 3.8) is 0 Å². The second-order valence-electron chi connectivity index (χ2n) is 5.90. The van der Waals surface area contributed by atoms with Crippen LogP contribution in [-0.2, 0) is 17.7 Å². The number of hydrogen-bond acceptors (Lipinski definition) is 4. The number of ether oxygens (including phenoxy) is 2. The first-order chi connectivity index (χ1) is 10.0. The molecule has 1 heterocycles. The van der Waals surface area contributed by atoms with Gasteiger partial charge in [0.05, 0.1) is 12.2 Å². The summed E-state index contributed by atoms with van der Waals surface area (Å²) < 4.78 is 11.2. The first kappa shape index (κ1) is 17.9. The summed E-state index contributed by atoms with van der Waals surface area (Å²) in [6.45, 7) is 10.9. The molecule has 0 aromatic carbocycles. The Morgan fingerprint density at radius 1 is 1.24 bits per heavy atom. The number of nitrogens with one attached hydrogen (secondary N) is 1. The van der Waals surface area contributed by atoms with E-state index in [9.17, 15) is 0 Å². The zero-order chi connectivity index (χ0) is 15.7. The van der Waals surface area contributed by atoms with Gasteiger partial charge in [0.2, 0.25) is 5.88 Å². The van der Waals surface area contributed by atoms with Gasteiger partial charge in [-0.3, -0.25) is 0 Å². The number of rotatable bonds is 10. The van der Waals surface area contributed by atoms with Gasteiger partial charge in [0.25, 0.3) is 0 Å². The van der Waals surface area contributed by atoms with E-state index in [1.54, 1.807) is 7.11 Å². The lowest BCUT2D eigenvalue weighted by molar-refractivity contribution is 0.00507. The molecule has 120 valence electrons. The highest BCUT2D eigenvalue weighted by Crippen LogP contribution is 2.17. The summed E-state index contributed by atoms with van der Waals surface area (Å²) in [5.74, 6) is 0.717. The van der Waals surface area contributed by atoms with Gasteiger partial charge in [0.15, 0.2) is 0 Å². The minimum absolute atomic E-state index is 0.159. The van der Waals surface area contributed by atoms with Gasteiger partial charge in [0.1, 0.15) is 0 Å². The van der Waals surface area contributed by atoms with Crippen molar-refractivity contribution in [3.05, 3.63) is 23.4 Å². The maximum atomic E-state index is 5.81. The first-order valence-corrected chi connectivity index (χ1v) is 7.89. The van der Waals surface area contributed by atoms with Gasteiger partial charge in [-0.2, -0.15) is 0 Å². The highest BCUT2D eigenvalue weighted by molar-refractivity contribution is 5.25. The third-order valence-electron chi connectivity index (χ3n) is 3.54. The van der Waals surface area contributed by atoms with E-state index in [0.717, 1.165) is 43.9 Å². The van der Waals surface area contributed by atoms with Crippen molar-refractivity contribution in [1.82, 2.24) is 10.3 Å². The second kappa shape index (κ2) is 9.00. The maximum Gasteiger partial charge on any atom is 0.213 e. The highest BCUT2D eigenvalue weighted by atomic mass is 16.5. The molecule has 0 radical (unpaired) electrons. The summed E-state index contributed by atoms with van der Waals surface area (Å²) in [6.07, 6.45) is 2.90. The lowest BCUT2D eigenvalue weighted by Crippen LogP contribution is -2.25. The smallest absolute Gasteiger partial charge is 0.213 e. The molecule has 0 atom stereocenters. The average Bonchev–Trinajstić information content (AvgIpc) is 2.47. The summed E-state index contributed by atoms with van der Waals surface area (Å²) in [6, 6.07) is 4.18. The number of nitrogens with zero attached hydrogens (tertiary/aromatic N) is 1. The summed E-state index contributed by atoms with van der Waals surface area (Å²) in [7, 11) is 1.73. The van der Waals surface area contributed by atoms with Gasteiger partial charge in [-0.15, -0.1) is 0 Å². The Labute approximate surface area is 129 Å². The average molecular weight is 294 g/mol. The molecule has 0 amide bonds. The largest absolute Gasteiger partial charge is 0.478 e. The lowest BCUT2D eigenvalue weighted by atomic mass is 10.1. The number of aryl methyl sites for hydroxylation is 1. The zero-order valence-electron chi connectivity index (χ0n) is 14.2. The summed E-state index contributed by atoms with van der Waals surface area (Å²) in [5.41, 5.74) is 2.15. The molecule has 21 heavy (non-hydrogen) atoms. The Hall–Kier alpha value is -1.13. The molecule has 0 fully saturated rings. The van der Waals surface area contributed by atoms with Crippen LogP contribution >= 0.6 is 0 Å². The topological polar surface area (TPSA) is 43.4 Å². The predicted octanol–water partition coefficient (Wildman–Crippen LogP) is 3.34. The van der Waals surface area contributed by atoms with Crippen LogP contribution in [-0.4, -0.2) is 30.8 Å². The van der Waals surface area contributed by atoms with Gasteiger partial charge >= 0.3 is 0 Å². The van der Waals surface area contributed by atoms with E-state index in [0.29, 0.717) is 6.61 Å². The molecule has 1 aromatic rings. The van der Waals surface area contributed by atoms with Crippen LogP contribution in [0.25, 0.3) is 0 Å². The fourth-order valence-electron chi connectivity index (χ4n) is 1.89. The molecule has 1 aromatic heterocycles. The molecule has 0 saturated carbocycles. The van der Waals surface area contributed by atoms with E-state index in [2.05, 4.69) is 44.1 Å². The van der Waals surface area contributed by atoms with E-state index < -0.39 is 0 Å². The standard InChI is InChI=1S/C17H30N2O2/c1-6-9-18-13-14-11-15(7-2)19-16(12-14)21-10-8-17(3,4)20-5/h11-12,18H,6-10,13H2,1-5H3. The highest BCUT2D eigenvalue weighted by Gasteiger charge is 2.16. The SMILES string of the molecule is CCCNCc1cc(CC)nc(OCCC(C)(C)OC)c1. The van der Waals surface area contributed by atoms with Crippen LogP contribution in [0.4, 0.5) is 0 Å². The molecule has 4 heteroatoms. The molecule has 4 nitrogen and oxygen atoms in total. The molecule has 0 aliphatic carbocycles. The molecule has 0 bridgehead atoms. The van der Waals surface area contributed by atoms with Gasteiger partial charge in [0, 0.05) is 31.8 Å². The quantitative estimate of drug-likeness (QED) is 0.672. The summed E-state index contributed by atoms with van der Waals surface area (Å²) in [5, 5.41) is 3.42. The van der Waals surface area contributed by atoms with Crippen molar-refractivity contribution in [1.29, 1.82) is 0 Å². The Morgan fingerprint density at radius 3 is 2.62 bits per heavy atom. The number of methoxy groups -OCH3 is 1. The minimum atomic E-state index is -0.159. The van der Waals surface area contributed by atoms with Crippen molar-refractivity contribution in [2.45, 2.75) is 59.1 Å². The molecule has 0 saturated heterocycles. The third-order valence-corrected chi connectivity index (χ3v) is 3.54. The Kier molecular flexibility index (Phi) is 7.68.